The van der Waals surface area contributed by atoms with E-state index >= 15 is 0 Å². The van der Waals surface area contributed by atoms with E-state index in [-0.39, 0.29) is 11.5 Å². The van der Waals surface area contributed by atoms with E-state index in [4.69, 9.17) is 4.79 Å². The fourth-order valence-corrected chi connectivity index (χ4v) is 3.85. The predicted octanol–water partition coefficient (Wildman–Crippen LogP) is 4.07. The minimum atomic E-state index is -0.451. The largest absolute Gasteiger partial charge is 0.368 e. The molecule has 0 aliphatic carbocycles. The zero-order valence-corrected chi connectivity index (χ0v) is 25.2. The molecule has 12 heteroatoms. The number of ketones is 1. The second-order valence-electron chi connectivity index (χ2n) is 9.41. The number of nitrogens with zero attached hydrogens (tertiary/aromatic N) is 5. The Morgan fingerprint density at radius 1 is 1.07 bits per heavy atom. The van der Waals surface area contributed by atoms with Crippen molar-refractivity contribution < 1.29 is 28.9 Å². The number of hydrogen-bond donors (Lipinski definition) is 0. The van der Waals surface area contributed by atoms with Gasteiger partial charge in [0.1, 0.15) is 31.4 Å². The molecule has 1 unspecified atom stereocenters. The smallest absolute Gasteiger partial charge is 0.287 e. The highest BCUT2D eigenvalue weighted by atomic mass is 16.6. The summed E-state index contributed by atoms with van der Waals surface area (Å²) in [6.45, 7) is 13.0. The predicted molar refractivity (Wildman–Crippen MR) is 163 cm³/mol. The molecule has 0 bridgehead atoms. The Kier molecular flexibility index (Phi) is 19.0. The SMILES string of the molecule is C=O.CC(=O)C(CCC=O)N(C)C=O.CCCC.Cc1cc(N2CCN(c3ccc([N+](=O)[O-])cn3)CC2)ccc1C=O. The highest BCUT2D eigenvalue weighted by Crippen LogP contribution is 2.22. The summed E-state index contributed by atoms with van der Waals surface area (Å²) in [6, 6.07) is 8.57. The van der Waals surface area contributed by atoms with E-state index in [0.717, 1.165) is 55.8 Å². The second kappa shape index (κ2) is 21.3. The minimum absolute atomic E-state index is 0.00290. The van der Waals surface area contributed by atoms with Gasteiger partial charge in [0.2, 0.25) is 6.41 Å². The standard InChI is InChI=1S/C17H18N4O3.C8H13NO3.C4H10.CH2O/c1-13-10-15(3-2-14(13)12-22)19-6-8-20(9-7-19)17-5-4-16(11-18-17)21(23)24;1-7(12)8(4-3-5-10)9(2)6-11;1-3-4-2;1-2/h2-5,10-12H,6-9H2,1H3;5-6,8H,3-4H2,1-2H3;3-4H2,1-2H3;1H2. The number of aromatic nitrogens is 1. The lowest BCUT2D eigenvalue weighted by Gasteiger charge is -2.36. The molecule has 1 aromatic heterocycles. The lowest BCUT2D eigenvalue weighted by Crippen LogP contribution is -2.46. The maximum atomic E-state index is 10.9. The van der Waals surface area contributed by atoms with Gasteiger partial charge in [-0.2, -0.15) is 0 Å². The first kappa shape index (κ1) is 37.5. The summed E-state index contributed by atoms with van der Waals surface area (Å²) in [6.07, 6.45) is 6.86. The number of rotatable bonds is 11. The Hall–Kier alpha value is -4.48. The van der Waals surface area contributed by atoms with Gasteiger partial charge in [0.15, 0.2) is 5.78 Å². The van der Waals surface area contributed by atoms with Gasteiger partial charge in [0.25, 0.3) is 5.69 Å². The molecule has 1 aromatic carbocycles. The zero-order chi connectivity index (χ0) is 32.1. The number of nitro groups is 1. The Morgan fingerprint density at radius 3 is 2.07 bits per heavy atom. The van der Waals surface area contributed by atoms with E-state index in [1.54, 1.807) is 6.07 Å². The molecular formula is C30H43N5O7. The third kappa shape index (κ3) is 12.8. The number of benzene rings is 1. The number of unbranched alkanes of at least 4 members (excludes halogenated alkanes) is 1. The van der Waals surface area contributed by atoms with Gasteiger partial charge in [-0.15, -0.1) is 0 Å². The topological polar surface area (TPSA) is 151 Å². The number of pyridine rings is 1. The van der Waals surface area contributed by atoms with E-state index < -0.39 is 11.0 Å². The van der Waals surface area contributed by atoms with Gasteiger partial charge < -0.3 is 24.3 Å². The molecule has 1 saturated heterocycles. The van der Waals surface area contributed by atoms with Gasteiger partial charge in [-0.1, -0.05) is 26.7 Å². The van der Waals surface area contributed by atoms with Crippen LogP contribution in [0.1, 0.15) is 62.4 Å². The summed E-state index contributed by atoms with van der Waals surface area (Å²) >= 11 is 0. The van der Waals surface area contributed by atoms with Gasteiger partial charge in [0, 0.05) is 57.0 Å². The van der Waals surface area contributed by atoms with E-state index in [1.807, 2.05) is 31.9 Å². The van der Waals surface area contributed by atoms with Gasteiger partial charge in [-0.05, 0) is 50.1 Å². The number of amides is 1. The third-order valence-corrected chi connectivity index (χ3v) is 6.48. The minimum Gasteiger partial charge on any atom is -0.368 e. The number of carbonyl (C=O) groups is 5. The fraction of sp³-hybridized carbons (Fsp3) is 0.467. The first-order chi connectivity index (χ1) is 20.1. The normalized spacial score (nSPS) is 12.5. The first-order valence-electron chi connectivity index (χ1n) is 13.7. The van der Waals surface area contributed by atoms with Gasteiger partial charge in [-0.25, -0.2) is 4.98 Å². The zero-order valence-electron chi connectivity index (χ0n) is 25.2. The molecule has 0 spiro atoms. The highest BCUT2D eigenvalue weighted by molar-refractivity contribution is 5.83. The monoisotopic (exact) mass is 585 g/mol. The molecule has 3 rings (SSSR count). The molecular weight excluding hydrogens is 542 g/mol. The van der Waals surface area contributed by atoms with Crippen molar-refractivity contribution in [3.05, 3.63) is 57.8 Å². The number of carbonyl (C=O) groups excluding carboxylic acids is 5. The maximum absolute atomic E-state index is 10.9. The number of anilines is 2. The number of hydrogen-bond acceptors (Lipinski definition) is 10. The second-order valence-corrected chi connectivity index (χ2v) is 9.41. The lowest BCUT2D eigenvalue weighted by molar-refractivity contribution is -0.385. The van der Waals surface area contributed by atoms with Crippen LogP contribution >= 0.6 is 0 Å². The molecule has 42 heavy (non-hydrogen) atoms. The van der Waals surface area contributed by atoms with Crippen molar-refractivity contribution in [1.82, 2.24) is 9.88 Å². The molecule has 1 amide bonds. The molecule has 12 nitrogen and oxygen atoms in total. The Morgan fingerprint density at radius 2 is 1.67 bits per heavy atom. The van der Waals surface area contributed by atoms with Gasteiger partial charge in [-0.3, -0.25) is 24.5 Å². The van der Waals surface area contributed by atoms with E-state index in [0.29, 0.717) is 24.8 Å². The van der Waals surface area contributed by atoms with Gasteiger partial charge >= 0.3 is 0 Å². The fourth-order valence-electron chi connectivity index (χ4n) is 3.85. The summed E-state index contributed by atoms with van der Waals surface area (Å²) in [5, 5.41) is 10.7. The molecule has 2 aromatic rings. The highest BCUT2D eigenvalue weighted by Gasteiger charge is 2.20. The lowest BCUT2D eigenvalue weighted by atomic mass is 10.1. The molecule has 2 heterocycles. The molecule has 1 aliphatic rings. The molecule has 0 radical (unpaired) electrons. The van der Waals surface area contributed by atoms with Crippen molar-refractivity contribution in [2.45, 2.75) is 59.4 Å². The number of aldehydes is 2. The number of Topliss-reactive ketones (excluding diaryl/α,β-unsaturated/α-hetero) is 1. The molecule has 1 aliphatic heterocycles. The molecule has 1 atom stereocenters. The summed E-state index contributed by atoms with van der Waals surface area (Å²) in [5.74, 6) is 0.666. The van der Waals surface area contributed by atoms with E-state index in [1.165, 1.54) is 44.0 Å². The van der Waals surface area contributed by atoms with Crippen LogP contribution in [0.25, 0.3) is 0 Å². The Balaban J connectivity index is 0.000000785. The molecule has 0 saturated carbocycles. The molecule has 230 valence electrons. The average molecular weight is 586 g/mol. The summed E-state index contributed by atoms with van der Waals surface area (Å²) in [4.78, 5) is 70.3. The quantitative estimate of drug-likeness (QED) is 0.214. The number of likely N-dealkylation sites (N-methyl/N-ethyl adjacent to an activating group) is 1. The van der Waals surface area contributed by atoms with Crippen molar-refractivity contribution in [2.75, 3.05) is 43.0 Å². The van der Waals surface area contributed by atoms with Crippen LogP contribution in [0.3, 0.4) is 0 Å². The van der Waals surface area contributed by atoms with Crippen molar-refractivity contribution in [3.8, 4) is 0 Å². The number of piperazine rings is 1. The summed E-state index contributed by atoms with van der Waals surface area (Å²) in [5.41, 5.74) is 2.80. The van der Waals surface area contributed by atoms with Gasteiger partial charge in [0.05, 0.1) is 11.0 Å². The number of aryl methyl sites for hydroxylation is 1. The van der Waals surface area contributed by atoms with Crippen LogP contribution in [0, 0.1) is 17.0 Å². The van der Waals surface area contributed by atoms with Crippen LogP contribution in [0.4, 0.5) is 17.2 Å². The van der Waals surface area contributed by atoms with Crippen LogP contribution < -0.4 is 9.80 Å². The van der Waals surface area contributed by atoms with Crippen LogP contribution in [0.2, 0.25) is 0 Å². The Bertz CT molecular complexity index is 1120. The van der Waals surface area contributed by atoms with Crippen LogP contribution in [0.15, 0.2) is 36.5 Å². The van der Waals surface area contributed by atoms with Crippen molar-refractivity contribution in [1.29, 1.82) is 0 Å². The van der Waals surface area contributed by atoms with Crippen LogP contribution in [-0.2, 0) is 19.2 Å². The van der Waals surface area contributed by atoms with Crippen molar-refractivity contribution in [3.63, 3.8) is 0 Å². The third-order valence-electron chi connectivity index (χ3n) is 6.48. The van der Waals surface area contributed by atoms with Crippen LogP contribution in [-0.4, -0.2) is 85.6 Å². The van der Waals surface area contributed by atoms with E-state index in [2.05, 4.69) is 28.6 Å². The summed E-state index contributed by atoms with van der Waals surface area (Å²) < 4.78 is 0. The Labute approximate surface area is 247 Å². The van der Waals surface area contributed by atoms with Crippen LogP contribution in [0.5, 0.6) is 0 Å². The summed E-state index contributed by atoms with van der Waals surface area (Å²) in [7, 11) is 1.53. The van der Waals surface area contributed by atoms with Crippen molar-refractivity contribution in [2.24, 2.45) is 0 Å². The van der Waals surface area contributed by atoms with Crippen molar-refractivity contribution >= 4 is 48.7 Å². The van der Waals surface area contributed by atoms with E-state index in [9.17, 15) is 29.3 Å². The maximum Gasteiger partial charge on any atom is 0.287 e. The molecule has 1 fully saturated rings. The average Bonchev–Trinajstić information content (AvgIpc) is 3.02. The molecule has 0 N–H and O–H groups in total. The first-order valence-corrected chi connectivity index (χ1v) is 13.7.